The molecule has 0 saturated heterocycles. The normalized spacial score (nSPS) is 12.7. The number of alkyl halides is 3. The maximum absolute atomic E-state index is 13.0. The van der Waals surface area contributed by atoms with Gasteiger partial charge in [-0.15, -0.1) is 0 Å². The fourth-order valence-electron chi connectivity index (χ4n) is 1.12. The Bertz CT molecular complexity index is 339. The molecule has 0 saturated carbocycles. The lowest BCUT2D eigenvalue weighted by molar-refractivity contribution is 0.0782. The molecule has 4 heteroatoms. The minimum absolute atomic E-state index is 0.116. The molecule has 0 aliphatic rings. The molecule has 0 fully saturated rings. The van der Waals surface area contributed by atoms with Gasteiger partial charge in [-0.3, -0.25) is 0 Å². The minimum atomic E-state index is -3.40. The maximum atomic E-state index is 13.0. The molecule has 0 unspecified atom stereocenters. The summed E-state index contributed by atoms with van der Waals surface area (Å²) in [5.41, 5.74) is -0.834. The number of halogens is 3. The zero-order chi connectivity index (χ0) is 11.7. The quantitative estimate of drug-likeness (QED) is 0.699. The van der Waals surface area contributed by atoms with Crippen LogP contribution in [0.3, 0.4) is 0 Å². The van der Waals surface area contributed by atoms with Crippen LogP contribution in [0, 0.1) is 0 Å². The summed E-state index contributed by atoms with van der Waals surface area (Å²) in [7, 11) is 0. The lowest BCUT2D eigenvalue weighted by Crippen LogP contribution is -2.24. The van der Waals surface area contributed by atoms with Gasteiger partial charge < -0.3 is 4.74 Å². The molecule has 0 amide bonds. The Morgan fingerprint density at radius 3 is 2.13 bits per heavy atom. The van der Waals surface area contributed by atoms with Gasteiger partial charge in [0, 0.05) is 0 Å². The van der Waals surface area contributed by atoms with Gasteiger partial charge >= 0.3 is 5.38 Å². The van der Waals surface area contributed by atoms with E-state index in [1.807, 2.05) is 0 Å². The molecule has 1 nitrogen and oxygen atoms in total. The fourth-order valence-corrected chi connectivity index (χ4v) is 1.28. The van der Waals surface area contributed by atoms with Gasteiger partial charge in [-0.25, -0.2) is 0 Å². The molecule has 84 valence electrons. The average Bonchev–Trinajstić information content (AvgIpc) is 1.99. The van der Waals surface area contributed by atoms with Gasteiger partial charge in [0.1, 0.15) is 11.4 Å². The molecule has 0 aromatic heterocycles. The topological polar surface area (TPSA) is 9.23 Å². The molecule has 1 rings (SSSR count). The van der Waals surface area contributed by atoms with E-state index in [0.29, 0.717) is 0 Å². The van der Waals surface area contributed by atoms with Gasteiger partial charge in [-0.1, -0.05) is 12.1 Å². The van der Waals surface area contributed by atoms with Gasteiger partial charge in [0.2, 0.25) is 0 Å². The molecular weight excluding hydrogens is 222 g/mol. The lowest BCUT2D eigenvalue weighted by atomic mass is 10.1. The summed E-state index contributed by atoms with van der Waals surface area (Å²) < 4.78 is 31.3. The average molecular weight is 235 g/mol. The second-order valence-corrected chi connectivity index (χ2v) is 4.68. The van der Waals surface area contributed by atoms with E-state index in [1.54, 1.807) is 26.8 Å². The number of benzene rings is 1. The molecule has 0 heterocycles. The predicted octanol–water partition coefficient (Wildman–Crippen LogP) is 4.15. The molecular formula is C11H13ClF2O. The van der Waals surface area contributed by atoms with Crippen LogP contribution in [0.5, 0.6) is 5.75 Å². The molecule has 0 bridgehead atoms. The highest BCUT2D eigenvalue weighted by Crippen LogP contribution is 2.39. The number of ether oxygens (including phenoxy) is 1. The summed E-state index contributed by atoms with van der Waals surface area (Å²) in [5.74, 6) is 0.116. The van der Waals surface area contributed by atoms with Crippen LogP contribution in [0.2, 0.25) is 0 Å². The van der Waals surface area contributed by atoms with Crippen LogP contribution in [0.15, 0.2) is 24.3 Å². The van der Waals surface area contributed by atoms with Gasteiger partial charge in [0.25, 0.3) is 0 Å². The Morgan fingerprint density at radius 2 is 1.67 bits per heavy atom. The third-order valence-corrected chi connectivity index (χ3v) is 1.81. The van der Waals surface area contributed by atoms with Gasteiger partial charge in [-0.05, 0) is 44.5 Å². The van der Waals surface area contributed by atoms with Crippen LogP contribution < -0.4 is 4.74 Å². The van der Waals surface area contributed by atoms with Crippen LogP contribution in [0.4, 0.5) is 8.78 Å². The Balaban J connectivity index is 3.08. The SMILES string of the molecule is CC(C)(C)Oc1ccccc1C(F)(F)Cl. The first-order chi connectivity index (χ1) is 6.70. The van der Waals surface area contributed by atoms with E-state index in [4.69, 9.17) is 16.3 Å². The zero-order valence-corrected chi connectivity index (χ0v) is 9.61. The van der Waals surface area contributed by atoms with E-state index in [0.717, 1.165) is 0 Å². The smallest absolute Gasteiger partial charge is 0.351 e. The van der Waals surface area contributed by atoms with E-state index in [-0.39, 0.29) is 11.3 Å². The molecule has 0 aliphatic heterocycles. The maximum Gasteiger partial charge on any atom is 0.351 e. The third-order valence-electron chi connectivity index (χ3n) is 1.61. The third kappa shape index (κ3) is 3.67. The van der Waals surface area contributed by atoms with Crippen molar-refractivity contribution >= 4 is 11.6 Å². The molecule has 1 aromatic rings. The van der Waals surface area contributed by atoms with E-state index in [9.17, 15) is 8.78 Å². The number of hydrogen-bond acceptors (Lipinski definition) is 1. The van der Waals surface area contributed by atoms with Gasteiger partial charge in [-0.2, -0.15) is 8.78 Å². The minimum Gasteiger partial charge on any atom is -0.488 e. The summed E-state index contributed by atoms with van der Waals surface area (Å²) in [6.07, 6.45) is 0. The van der Waals surface area contributed by atoms with Crippen molar-refractivity contribution in [1.29, 1.82) is 0 Å². The van der Waals surface area contributed by atoms with E-state index in [2.05, 4.69) is 0 Å². The van der Waals surface area contributed by atoms with Crippen molar-refractivity contribution in [3.05, 3.63) is 29.8 Å². The molecule has 0 aliphatic carbocycles. The Labute approximate surface area is 93.0 Å². The first kappa shape index (κ1) is 12.2. The van der Waals surface area contributed by atoms with Crippen molar-refractivity contribution < 1.29 is 13.5 Å². The van der Waals surface area contributed by atoms with Crippen molar-refractivity contribution in [2.45, 2.75) is 31.8 Å². The number of hydrogen-bond donors (Lipinski definition) is 0. The highest BCUT2D eigenvalue weighted by Gasteiger charge is 2.32. The van der Waals surface area contributed by atoms with E-state index in [1.165, 1.54) is 18.2 Å². The van der Waals surface area contributed by atoms with E-state index < -0.39 is 11.0 Å². The number of rotatable bonds is 2. The van der Waals surface area contributed by atoms with Crippen LogP contribution >= 0.6 is 11.6 Å². The fraction of sp³-hybridized carbons (Fsp3) is 0.455. The van der Waals surface area contributed by atoms with Gasteiger partial charge in [0.15, 0.2) is 0 Å². The molecule has 0 atom stereocenters. The second kappa shape index (κ2) is 3.97. The molecule has 0 N–H and O–H groups in total. The van der Waals surface area contributed by atoms with Crippen molar-refractivity contribution in [2.24, 2.45) is 0 Å². The molecule has 1 aromatic carbocycles. The summed E-state index contributed by atoms with van der Waals surface area (Å²) in [4.78, 5) is 0. The van der Waals surface area contributed by atoms with Crippen LogP contribution in [-0.4, -0.2) is 5.60 Å². The standard InChI is InChI=1S/C11H13ClF2O/c1-10(2,3)15-9-7-5-4-6-8(9)11(12,13)14/h4-7H,1-3H3. The highest BCUT2D eigenvalue weighted by molar-refractivity contribution is 6.22. The molecule has 0 spiro atoms. The monoisotopic (exact) mass is 234 g/mol. The summed E-state index contributed by atoms with van der Waals surface area (Å²) in [5, 5.41) is -3.40. The van der Waals surface area contributed by atoms with Crippen molar-refractivity contribution in [1.82, 2.24) is 0 Å². The van der Waals surface area contributed by atoms with Crippen LogP contribution in [0.25, 0.3) is 0 Å². The van der Waals surface area contributed by atoms with Crippen LogP contribution in [0.1, 0.15) is 26.3 Å². The predicted molar refractivity (Wildman–Crippen MR) is 56.6 cm³/mol. The Hall–Kier alpha value is -0.830. The second-order valence-electron chi connectivity index (χ2n) is 4.21. The largest absolute Gasteiger partial charge is 0.488 e. The lowest BCUT2D eigenvalue weighted by Gasteiger charge is -2.24. The first-order valence-corrected chi connectivity index (χ1v) is 4.93. The zero-order valence-electron chi connectivity index (χ0n) is 8.85. The summed E-state index contributed by atoms with van der Waals surface area (Å²) in [6.45, 7) is 5.36. The highest BCUT2D eigenvalue weighted by atomic mass is 35.5. The van der Waals surface area contributed by atoms with Crippen LogP contribution in [-0.2, 0) is 5.38 Å². The van der Waals surface area contributed by atoms with Crippen molar-refractivity contribution in [2.75, 3.05) is 0 Å². The van der Waals surface area contributed by atoms with E-state index >= 15 is 0 Å². The van der Waals surface area contributed by atoms with Gasteiger partial charge in [0.05, 0.1) is 5.56 Å². The van der Waals surface area contributed by atoms with Crippen molar-refractivity contribution in [3.63, 3.8) is 0 Å². The summed E-state index contributed by atoms with van der Waals surface area (Å²) in [6, 6.07) is 5.87. The Kier molecular flexibility index (Phi) is 3.24. The molecule has 0 radical (unpaired) electrons. The molecule has 15 heavy (non-hydrogen) atoms. The first-order valence-electron chi connectivity index (χ1n) is 4.55. The van der Waals surface area contributed by atoms with Crippen molar-refractivity contribution in [3.8, 4) is 5.75 Å². The number of para-hydroxylation sites is 1. The Morgan fingerprint density at radius 1 is 1.13 bits per heavy atom. The summed E-state index contributed by atoms with van der Waals surface area (Å²) >= 11 is 4.98.